The molecule has 0 radical (unpaired) electrons. The summed E-state index contributed by atoms with van der Waals surface area (Å²) in [6, 6.07) is 1.76. The normalized spacial score (nSPS) is 24.4. The first-order chi connectivity index (χ1) is 13.9. The van der Waals surface area contributed by atoms with Crippen molar-refractivity contribution in [3.05, 3.63) is 28.5 Å². The van der Waals surface area contributed by atoms with E-state index in [1.165, 1.54) is 0 Å². The minimum atomic E-state index is -4.63. The molecule has 30 heavy (non-hydrogen) atoms. The molecule has 0 aliphatic heterocycles. The smallest absolute Gasteiger partial charge is 0.351 e. The third-order valence-electron chi connectivity index (χ3n) is 5.87. The summed E-state index contributed by atoms with van der Waals surface area (Å²) in [5, 5.41) is 2.30. The van der Waals surface area contributed by atoms with E-state index < -0.39 is 32.8 Å². The van der Waals surface area contributed by atoms with Gasteiger partial charge in [-0.3, -0.25) is 4.79 Å². The van der Waals surface area contributed by atoms with E-state index in [-0.39, 0.29) is 28.4 Å². The number of amides is 1. The summed E-state index contributed by atoms with van der Waals surface area (Å²) in [5.74, 6) is 0.490. The highest BCUT2D eigenvalue weighted by molar-refractivity contribution is 7.91. The molecule has 10 heteroatoms. The Balaban J connectivity index is 1.61. The maximum absolute atomic E-state index is 12.7. The van der Waals surface area contributed by atoms with Crippen molar-refractivity contribution in [1.82, 2.24) is 10.3 Å². The zero-order chi connectivity index (χ0) is 22.2. The number of hydrogen-bond acceptors (Lipinski definition) is 4. The number of nitrogens with one attached hydrogen (secondary N) is 1. The van der Waals surface area contributed by atoms with E-state index in [2.05, 4.69) is 10.3 Å². The summed E-state index contributed by atoms with van der Waals surface area (Å²) >= 11 is 5.81. The molecule has 1 N–H and O–H groups in total. The van der Waals surface area contributed by atoms with Gasteiger partial charge in [-0.15, -0.1) is 0 Å². The second-order valence-corrected chi connectivity index (χ2v) is 11.3. The van der Waals surface area contributed by atoms with Crippen molar-refractivity contribution in [1.29, 1.82) is 0 Å². The van der Waals surface area contributed by atoms with Gasteiger partial charge in [0, 0.05) is 12.3 Å². The third kappa shape index (κ3) is 5.87. The summed E-state index contributed by atoms with van der Waals surface area (Å²) in [6.07, 6.45) is 0.632. The molecule has 2 fully saturated rings. The van der Waals surface area contributed by atoms with Crippen LogP contribution in [0.3, 0.4) is 0 Å². The van der Waals surface area contributed by atoms with Crippen molar-refractivity contribution in [3.63, 3.8) is 0 Å². The number of sulfone groups is 1. The fourth-order valence-corrected chi connectivity index (χ4v) is 6.46. The minimum Gasteiger partial charge on any atom is -0.351 e. The molecule has 0 unspecified atom stereocenters. The summed E-state index contributed by atoms with van der Waals surface area (Å²) in [7, 11) is -3.06. The first-order valence-corrected chi connectivity index (χ1v) is 12.4. The number of carbonyl (C=O) groups excluding carboxylic acids is 1. The van der Waals surface area contributed by atoms with Crippen molar-refractivity contribution < 1.29 is 26.4 Å². The number of carbonyl (C=O) groups is 1. The highest BCUT2D eigenvalue weighted by atomic mass is 35.5. The predicted octanol–water partition coefficient (Wildman–Crippen LogP) is 4.50. The van der Waals surface area contributed by atoms with E-state index in [1.807, 2.05) is 6.92 Å². The van der Waals surface area contributed by atoms with E-state index in [0.29, 0.717) is 18.9 Å². The van der Waals surface area contributed by atoms with E-state index in [0.717, 1.165) is 44.2 Å². The number of alkyl halides is 3. The fraction of sp³-hybridized carbons (Fsp3) is 0.700. The average molecular weight is 467 g/mol. The van der Waals surface area contributed by atoms with Gasteiger partial charge in [0.25, 0.3) is 5.91 Å². The Kier molecular flexibility index (Phi) is 6.72. The van der Waals surface area contributed by atoms with Crippen molar-refractivity contribution in [2.75, 3.05) is 18.1 Å². The Morgan fingerprint density at radius 1 is 1.27 bits per heavy atom. The van der Waals surface area contributed by atoms with Gasteiger partial charge >= 0.3 is 6.18 Å². The molecule has 3 rings (SSSR count). The average Bonchev–Trinajstić information content (AvgIpc) is 3.40. The van der Waals surface area contributed by atoms with Crippen molar-refractivity contribution in [2.24, 2.45) is 17.3 Å². The fourth-order valence-electron chi connectivity index (χ4n) is 4.48. The minimum absolute atomic E-state index is 0.0912. The maximum Gasteiger partial charge on any atom is 0.433 e. The lowest BCUT2D eigenvalue weighted by Crippen LogP contribution is -2.48. The molecule has 1 aromatic rings. The molecule has 0 aromatic carbocycles. The standard InChI is InChI=1S/C20H26ClF3N2O3S/c1-2-7-30(28,29)11-14-9-19(10-14,8-13-3-4-13)12-25-18(27)15-5-6-16(20(22,23)24)26-17(15)21/h5-6,13-14H,2-4,7-12H2,1H3,(H,25,27)/t14-,19-. The van der Waals surface area contributed by atoms with Gasteiger partial charge in [0.2, 0.25) is 0 Å². The van der Waals surface area contributed by atoms with Gasteiger partial charge in [-0.05, 0) is 55.1 Å². The van der Waals surface area contributed by atoms with Crippen molar-refractivity contribution in [3.8, 4) is 0 Å². The molecule has 168 valence electrons. The van der Waals surface area contributed by atoms with Crippen LogP contribution < -0.4 is 5.32 Å². The lowest BCUT2D eigenvalue weighted by molar-refractivity contribution is -0.141. The van der Waals surface area contributed by atoms with Gasteiger partial charge in [-0.25, -0.2) is 13.4 Å². The zero-order valence-corrected chi connectivity index (χ0v) is 18.3. The van der Waals surface area contributed by atoms with Crippen molar-refractivity contribution in [2.45, 2.75) is 51.6 Å². The molecule has 0 spiro atoms. The highest BCUT2D eigenvalue weighted by Gasteiger charge is 2.48. The number of rotatable bonds is 9. The van der Waals surface area contributed by atoms with Crippen LogP contribution in [0, 0.1) is 17.3 Å². The summed E-state index contributed by atoms with van der Waals surface area (Å²) < 4.78 is 62.4. The molecule has 2 aliphatic carbocycles. The van der Waals surface area contributed by atoms with Crippen LogP contribution in [-0.4, -0.2) is 37.4 Å². The van der Waals surface area contributed by atoms with Gasteiger partial charge in [-0.2, -0.15) is 13.2 Å². The molecule has 1 aromatic heterocycles. The quantitative estimate of drug-likeness (QED) is 0.543. The molecule has 1 heterocycles. The Morgan fingerprint density at radius 2 is 1.93 bits per heavy atom. The van der Waals surface area contributed by atoms with E-state index in [9.17, 15) is 26.4 Å². The lowest BCUT2D eigenvalue weighted by atomic mass is 9.60. The van der Waals surface area contributed by atoms with Gasteiger partial charge in [0.15, 0.2) is 9.84 Å². The van der Waals surface area contributed by atoms with Crippen LogP contribution in [0.1, 0.15) is 61.5 Å². The van der Waals surface area contributed by atoms with Crippen LogP contribution >= 0.6 is 11.6 Å². The molecule has 0 saturated heterocycles. The zero-order valence-electron chi connectivity index (χ0n) is 16.8. The van der Waals surface area contributed by atoms with Gasteiger partial charge in [-0.1, -0.05) is 31.4 Å². The Labute approximate surface area is 179 Å². The van der Waals surface area contributed by atoms with Crippen LogP contribution in [0.2, 0.25) is 5.15 Å². The number of hydrogen-bond donors (Lipinski definition) is 1. The van der Waals surface area contributed by atoms with E-state index >= 15 is 0 Å². The van der Waals surface area contributed by atoms with Gasteiger partial charge in [0.05, 0.1) is 11.3 Å². The third-order valence-corrected chi connectivity index (χ3v) is 8.17. The topological polar surface area (TPSA) is 76.1 Å². The van der Waals surface area contributed by atoms with E-state index in [1.54, 1.807) is 0 Å². The maximum atomic E-state index is 12.7. The summed E-state index contributed by atoms with van der Waals surface area (Å²) in [5.41, 5.74) is -1.41. The van der Waals surface area contributed by atoms with Crippen molar-refractivity contribution >= 4 is 27.3 Å². The molecule has 0 bridgehead atoms. The van der Waals surface area contributed by atoms with Crippen LogP contribution in [0.15, 0.2) is 12.1 Å². The first-order valence-electron chi connectivity index (χ1n) is 10.2. The van der Waals surface area contributed by atoms with Crippen LogP contribution in [-0.2, 0) is 16.0 Å². The van der Waals surface area contributed by atoms with E-state index in [4.69, 9.17) is 11.6 Å². The SMILES string of the molecule is CCCS(=O)(=O)C[C@H]1C[C@@](CNC(=O)c2ccc(C(F)(F)F)nc2Cl)(CC2CC2)C1. The Morgan fingerprint density at radius 3 is 2.47 bits per heavy atom. The molecular formula is C20H26ClF3N2O3S. The first kappa shape index (κ1) is 23.3. The molecule has 5 nitrogen and oxygen atoms in total. The van der Waals surface area contributed by atoms with Crippen LogP contribution in [0.25, 0.3) is 0 Å². The largest absolute Gasteiger partial charge is 0.433 e. The number of halogens is 4. The number of pyridine rings is 1. The monoisotopic (exact) mass is 466 g/mol. The predicted molar refractivity (Wildman–Crippen MR) is 108 cm³/mol. The van der Waals surface area contributed by atoms with Crippen LogP contribution in [0.5, 0.6) is 0 Å². The molecule has 2 saturated carbocycles. The molecule has 1 amide bonds. The number of nitrogens with zero attached hydrogens (tertiary/aromatic N) is 1. The summed E-state index contributed by atoms with van der Waals surface area (Å²) in [6.45, 7) is 2.19. The second-order valence-electron chi connectivity index (χ2n) is 8.75. The summed E-state index contributed by atoms with van der Waals surface area (Å²) in [4.78, 5) is 15.8. The highest BCUT2D eigenvalue weighted by Crippen LogP contribution is 2.54. The second kappa shape index (κ2) is 8.65. The van der Waals surface area contributed by atoms with Crippen LogP contribution in [0.4, 0.5) is 13.2 Å². The molecule has 2 aliphatic rings. The van der Waals surface area contributed by atoms with Gasteiger partial charge in [0.1, 0.15) is 10.8 Å². The number of aromatic nitrogens is 1. The Bertz CT molecular complexity index is 895. The molecular weight excluding hydrogens is 441 g/mol. The Hall–Kier alpha value is -1.35. The molecule has 0 atom stereocenters. The lowest BCUT2D eigenvalue weighted by Gasteiger charge is -2.48. The van der Waals surface area contributed by atoms with Gasteiger partial charge < -0.3 is 5.32 Å².